The Morgan fingerprint density at radius 2 is 2.05 bits per heavy atom. The summed E-state index contributed by atoms with van der Waals surface area (Å²) in [7, 11) is 0. The first-order valence-corrected chi connectivity index (χ1v) is 7.98. The van der Waals surface area contributed by atoms with Crippen molar-refractivity contribution in [1.29, 1.82) is 0 Å². The third-order valence-corrected chi connectivity index (χ3v) is 4.10. The second kappa shape index (κ2) is 6.77. The summed E-state index contributed by atoms with van der Waals surface area (Å²) in [6, 6.07) is -0.0739. The molecule has 0 spiro atoms. The number of carbonyl (C=O) groups excluding carboxylic acids is 2. The van der Waals surface area contributed by atoms with Crippen LogP contribution >= 0.6 is 0 Å². The number of amides is 1. The van der Waals surface area contributed by atoms with Gasteiger partial charge in [-0.05, 0) is 33.6 Å². The van der Waals surface area contributed by atoms with Crippen LogP contribution in [0.15, 0.2) is 0 Å². The molecule has 0 aromatic carbocycles. The van der Waals surface area contributed by atoms with E-state index >= 15 is 0 Å². The van der Waals surface area contributed by atoms with Crippen molar-refractivity contribution in [1.82, 2.24) is 4.90 Å². The molecule has 5 nitrogen and oxygen atoms in total. The lowest BCUT2D eigenvalue weighted by atomic mass is 9.89. The number of likely N-dealkylation sites (tertiary alicyclic amines) is 1. The van der Waals surface area contributed by atoms with Crippen LogP contribution in [0.4, 0.5) is 4.79 Å². The van der Waals surface area contributed by atoms with Crippen LogP contribution in [0.1, 0.15) is 52.9 Å². The molecular weight excluding hydrogens is 270 g/mol. The van der Waals surface area contributed by atoms with Crippen molar-refractivity contribution >= 4 is 11.9 Å². The summed E-state index contributed by atoms with van der Waals surface area (Å²) < 4.78 is 11.0. The highest BCUT2D eigenvalue weighted by molar-refractivity contribution is 5.83. The van der Waals surface area contributed by atoms with Gasteiger partial charge in [0.25, 0.3) is 0 Å². The summed E-state index contributed by atoms with van der Waals surface area (Å²) in [6.45, 7) is 7.21. The van der Waals surface area contributed by atoms with Crippen molar-refractivity contribution in [3.8, 4) is 0 Å². The molecule has 0 saturated carbocycles. The molecule has 5 heteroatoms. The van der Waals surface area contributed by atoms with Gasteiger partial charge in [0.2, 0.25) is 0 Å². The Morgan fingerprint density at radius 1 is 1.29 bits per heavy atom. The van der Waals surface area contributed by atoms with Gasteiger partial charge in [-0.25, -0.2) is 4.79 Å². The zero-order valence-corrected chi connectivity index (χ0v) is 13.4. The molecule has 2 unspecified atom stereocenters. The lowest BCUT2D eigenvalue weighted by Crippen LogP contribution is -2.50. The monoisotopic (exact) mass is 297 g/mol. The smallest absolute Gasteiger partial charge is 0.410 e. The summed E-state index contributed by atoms with van der Waals surface area (Å²) in [6.07, 6.45) is 4.14. The Morgan fingerprint density at radius 3 is 2.71 bits per heavy atom. The van der Waals surface area contributed by atoms with Crippen LogP contribution in [0.3, 0.4) is 0 Å². The van der Waals surface area contributed by atoms with Gasteiger partial charge < -0.3 is 14.4 Å². The van der Waals surface area contributed by atoms with E-state index in [1.165, 1.54) is 0 Å². The van der Waals surface area contributed by atoms with E-state index in [4.69, 9.17) is 9.47 Å². The molecule has 2 fully saturated rings. The quantitative estimate of drug-likeness (QED) is 0.747. The van der Waals surface area contributed by atoms with E-state index in [0.717, 1.165) is 25.7 Å². The number of ether oxygens (including phenoxy) is 2. The lowest BCUT2D eigenvalue weighted by Gasteiger charge is -2.37. The van der Waals surface area contributed by atoms with Gasteiger partial charge in [0.15, 0.2) is 0 Å². The summed E-state index contributed by atoms with van der Waals surface area (Å²) in [5, 5.41) is 0. The molecule has 1 amide bonds. The topological polar surface area (TPSA) is 55.8 Å². The number of Topliss-reactive ketones (excluding diaryl/α,β-unsaturated/α-hetero) is 1. The highest BCUT2D eigenvalue weighted by Crippen LogP contribution is 2.28. The fraction of sp³-hybridized carbons (Fsp3) is 0.875. The molecule has 0 aromatic heterocycles. The molecule has 2 atom stereocenters. The number of hydrogen-bond acceptors (Lipinski definition) is 4. The average molecular weight is 297 g/mol. The van der Waals surface area contributed by atoms with Gasteiger partial charge in [-0.2, -0.15) is 0 Å². The fourth-order valence-corrected chi connectivity index (χ4v) is 3.09. The van der Waals surface area contributed by atoms with Crippen molar-refractivity contribution in [2.75, 3.05) is 19.8 Å². The van der Waals surface area contributed by atoms with Crippen molar-refractivity contribution in [2.24, 2.45) is 5.92 Å². The molecule has 2 saturated heterocycles. The first-order valence-electron chi connectivity index (χ1n) is 7.98. The molecule has 120 valence electrons. The molecule has 0 aromatic rings. The van der Waals surface area contributed by atoms with Gasteiger partial charge in [0.1, 0.15) is 11.4 Å². The van der Waals surface area contributed by atoms with Crippen LogP contribution in [0, 0.1) is 5.92 Å². The van der Waals surface area contributed by atoms with Gasteiger partial charge in [-0.15, -0.1) is 0 Å². The Balaban J connectivity index is 2.13. The number of ketones is 1. The van der Waals surface area contributed by atoms with Crippen molar-refractivity contribution < 1.29 is 19.1 Å². The first kappa shape index (κ1) is 16.3. The van der Waals surface area contributed by atoms with Crippen molar-refractivity contribution in [2.45, 2.75) is 64.5 Å². The molecule has 2 heterocycles. The molecule has 0 aliphatic carbocycles. The van der Waals surface area contributed by atoms with Crippen LogP contribution in [0.2, 0.25) is 0 Å². The SMILES string of the molecule is CC(C)(C)OC(=O)N1CCCCCC1C1COCCC1=O. The van der Waals surface area contributed by atoms with Gasteiger partial charge >= 0.3 is 6.09 Å². The van der Waals surface area contributed by atoms with E-state index in [9.17, 15) is 9.59 Å². The number of hydrogen-bond donors (Lipinski definition) is 0. The van der Waals surface area contributed by atoms with Gasteiger partial charge in [-0.1, -0.05) is 12.8 Å². The van der Waals surface area contributed by atoms with Crippen LogP contribution in [-0.4, -0.2) is 48.2 Å². The second-order valence-corrected chi connectivity index (χ2v) is 6.99. The number of rotatable bonds is 1. The van der Waals surface area contributed by atoms with Gasteiger partial charge in [0, 0.05) is 19.0 Å². The predicted octanol–water partition coefficient (Wildman–Crippen LogP) is 2.77. The number of nitrogens with zero attached hydrogens (tertiary/aromatic N) is 1. The molecule has 0 radical (unpaired) electrons. The summed E-state index contributed by atoms with van der Waals surface area (Å²) in [4.78, 5) is 26.5. The predicted molar refractivity (Wildman–Crippen MR) is 79.1 cm³/mol. The minimum atomic E-state index is -0.513. The third-order valence-electron chi connectivity index (χ3n) is 4.10. The fourth-order valence-electron chi connectivity index (χ4n) is 3.09. The van der Waals surface area contributed by atoms with Crippen LogP contribution in [-0.2, 0) is 14.3 Å². The molecular formula is C16H27NO4. The molecule has 2 aliphatic rings. The van der Waals surface area contributed by atoms with Crippen LogP contribution in [0.5, 0.6) is 0 Å². The van der Waals surface area contributed by atoms with Gasteiger partial charge in [0.05, 0.1) is 19.1 Å². The first-order chi connectivity index (χ1) is 9.88. The molecule has 0 bridgehead atoms. The zero-order valence-electron chi connectivity index (χ0n) is 13.4. The maximum atomic E-state index is 12.5. The largest absolute Gasteiger partial charge is 0.444 e. The van der Waals surface area contributed by atoms with E-state index in [0.29, 0.717) is 26.2 Å². The minimum absolute atomic E-state index is 0.0739. The minimum Gasteiger partial charge on any atom is -0.444 e. The van der Waals surface area contributed by atoms with E-state index in [1.54, 1.807) is 4.90 Å². The maximum Gasteiger partial charge on any atom is 0.410 e. The number of carbonyl (C=O) groups is 2. The Bertz CT molecular complexity index is 388. The van der Waals surface area contributed by atoms with Crippen molar-refractivity contribution in [3.05, 3.63) is 0 Å². The van der Waals surface area contributed by atoms with Gasteiger partial charge in [-0.3, -0.25) is 4.79 Å². The lowest BCUT2D eigenvalue weighted by molar-refractivity contribution is -0.133. The van der Waals surface area contributed by atoms with E-state index in [-0.39, 0.29) is 23.8 Å². The van der Waals surface area contributed by atoms with E-state index < -0.39 is 5.60 Å². The highest BCUT2D eigenvalue weighted by Gasteiger charge is 2.38. The molecule has 2 rings (SSSR count). The molecule has 21 heavy (non-hydrogen) atoms. The normalized spacial score (nSPS) is 28.1. The highest BCUT2D eigenvalue weighted by atomic mass is 16.6. The standard InChI is InChI=1S/C16H27NO4/c1-16(2,3)21-15(19)17-9-6-4-5-7-13(17)12-11-20-10-8-14(12)18/h12-13H,4-11H2,1-3H3. The maximum absolute atomic E-state index is 12.5. The second-order valence-electron chi connectivity index (χ2n) is 6.99. The van der Waals surface area contributed by atoms with Crippen LogP contribution < -0.4 is 0 Å². The Hall–Kier alpha value is -1.10. The van der Waals surface area contributed by atoms with Crippen LogP contribution in [0.25, 0.3) is 0 Å². The summed E-state index contributed by atoms with van der Waals surface area (Å²) in [5.74, 6) is 0.0334. The summed E-state index contributed by atoms with van der Waals surface area (Å²) in [5.41, 5.74) is -0.513. The summed E-state index contributed by atoms with van der Waals surface area (Å²) >= 11 is 0. The van der Waals surface area contributed by atoms with Crippen molar-refractivity contribution in [3.63, 3.8) is 0 Å². The Labute approximate surface area is 127 Å². The van der Waals surface area contributed by atoms with E-state index in [1.807, 2.05) is 20.8 Å². The average Bonchev–Trinajstić information content (AvgIpc) is 2.63. The molecule has 2 aliphatic heterocycles. The zero-order chi connectivity index (χ0) is 15.5. The third kappa shape index (κ3) is 4.43. The molecule has 0 N–H and O–H groups in total. The van der Waals surface area contributed by atoms with E-state index in [2.05, 4.69) is 0 Å². The Kier molecular flexibility index (Phi) is 5.25.